The quantitative estimate of drug-likeness (QED) is 0.710. The van der Waals surface area contributed by atoms with Gasteiger partial charge in [-0.3, -0.25) is 4.79 Å². The third kappa shape index (κ3) is 4.27. The Labute approximate surface area is 198 Å². The largest absolute Gasteiger partial charge is 0.347 e. The maximum Gasteiger partial charge on any atom is 0.223 e. The molecule has 168 valence electrons. The Morgan fingerprint density at radius 3 is 2.45 bits per heavy atom. The van der Waals surface area contributed by atoms with Crippen LogP contribution < -0.4 is 10.2 Å². The van der Waals surface area contributed by atoms with Crippen LogP contribution >= 0.6 is 11.6 Å². The van der Waals surface area contributed by atoms with Gasteiger partial charge in [0.2, 0.25) is 5.91 Å². The van der Waals surface area contributed by atoms with Crippen molar-refractivity contribution in [1.82, 2.24) is 15.2 Å². The van der Waals surface area contributed by atoms with E-state index in [1.807, 2.05) is 23.1 Å². The molecular weight excluding hydrogens is 436 g/mol. The Morgan fingerprint density at radius 1 is 1.12 bits per heavy atom. The maximum atomic E-state index is 13.0. The van der Waals surface area contributed by atoms with Crippen molar-refractivity contribution in [2.24, 2.45) is 0 Å². The van der Waals surface area contributed by atoms with Gasteiger partial charge in [-0.05, 0) is 61.6 Å². The fraction of sp³-hybridized carbons (Fsp3) is 0.440. The number of carbonyl (C=O) groups is 1. The third-order valence-corrected chi connectivity index (χ3v) is 7.33. The summed E-state index contributed by atoms with van der Waals surface area (Å²) in [4.78, 5) is 21.8. The van der Waals surface area contributed by atoms with Gasteiger partial charge in [0.05, 0.1) is 17.2 Å². The van der Waals surface area contributed by atoms with E-state index in [4.69, 9.17) is 16.9 Å². The number of carbonyl (C=O) groups excluding carboxylic acids is 1. The first-order valence-corrected chi connectivity index (χ1v) is 11.8. The van der Waals surface area contributed by atoms with Gasteiger partial charge in [0.1, 0.15) is 11.9 Å². The molecule has 7 nitrogen and oxygen atoms in total. The summed E-state index contributed by atoms with van der Waals surface area (Å²) < 4.78 is 0. The Kier molecular flexibility index (Phi) is 5.70. The van der Waals surface area contributed by atoms with Crippen molar-refractivity contribution in [2.75, 3.05) is 24.5 Å². The standard InChI is InChI=1S/C25H25ClN6O/c26-20-10-18(13-28)9-19(11-20)25(6-7-25)30-8-5-24(33)31-15-21-2-3-22(16-31)32(21)23-4-1-17(12-27)14-29-23/h1,4,9-11,14,21-22,30H,2-3,5-8,15-16H2. The van der Waals surface area contributed by atoms with Crippen LogP contribution in [0.25, 0.3) is 0 Å². The molecule has 33 heavy (non-hydrogen) atoms. The molecule has 3 fully saturated rings. The van der Waals surface area contributed by atoms with E-state index >= 15 is 0 Å². The van der Waals surface area contributed by atoms with Gasteiger partial charge < -0.3 is 15.1 Å². The number of fused-ring (bicyclic) bond motifs is 2. The number of nitrogens with one attached hydrogen (secondary N) is 1. The van der Waals surface area contributed by atoms with Crippen LogP contribution in [0.1, 0.15) is 48.8 Å². The smallest absolute Gasteiger partial charge is 0.223 e. The number of pyridine rings is 1. The lowest BCUT2D eigenvalue weighted by Gasteiger charge is -2.42. The molecule has 1 aromatic heterocycles. The van der Waals surface area contributed by atoms with Crippen molar-refractivity contribution < 1.29 is 4.79 Å². The van der Waals surface area contributed by atoms with Crippen molar-refractivity contribution in [1.29, 1.82) is 10.5 Å². The summed E-state index contributed by atoms with van der Waals surface area (Å²) in [6, 6.07) is 14.0. The van der Waals surface area contributed by atoms with Crippen molar-refractivity contribution in [2.45, 2.75) is 49.7 Å². The number of likely N-dealkylation sites (tertiary alicyclic amines) is 1. The highest BCUT2D eigenvalue weighted by Crippen LogP contribution is 2.46. The Hall–Kier alpha value is -3.13. The number of aromatic nitrogens is 1. The first-order chi connectivity index (χ1) is 16.0. The zero-order chi connectivity index (χ0) is 23.0. The third-order valence-electron chi connectivity index (χ3n) is 7.11. The van der Waals surface area contributed by atoms with Crippen LogP contribution in [0.2, 0.25) is 5.02 Å². The second kappa shape index (κ2) is 8.67. The van der Waals surface area contributed by atoms with Crippen LogP contribution in [0, 0.1) is 22.7 Å². The number of hydrogen-bond acceptors (Lipinski definition) is 6. The summed E-state index contributed by atoms with van der Waals surface area (Å²) in [5, 5.41) is 22.4. The molecule has 2 aromatic rings. The minimum Gasteiger partial charge on any atom is -0.347 e. The van der Waals surface area contributed by atoms with Crippen LogP contribution in [-0.4, -0.2) is 47.5 Å². The molecule has 3 aliphatic rings. The summed E-state index contributed by atoms with van der Waals surface area (Å²) in [6.45, 7) is 2.02. The average molecular weight is 461 g/mol. The Balaban J connectivity index is 1.17. The molecule has 1 aliphatic carbocycles. The van der Waals surface area contributed by atoms with E-state index in [0.717, 1.165) is 37.1 Å². The number of hydrogen-bond donors (Lipinski definition) is 1. The predicted octanol–water partition coefficient (Wildman–Crippen LogP) is 3.33. The molecule has 1 saturated carbocycles. The summed E-state index contributed by atoms with van der Waals surface area (Å²) in [7, 11) is 0. The molecule has 5 rings (SSSR count). The van der Waals surface area contributed by atoms with Gasteiger partial charge >= 0.3 is 0 Å². The fourth-order valence-electron chi connectivity index (χ4n) is 5.28. The number of benzene rings is 1. The minimum atomic E-state index is -0.171. The molecule has 2 atom stereocenters. The van der Waals surface area contributed by atoms with Crippen molar-refractivity contribution in [3.63, 3.8) is 0 Å². The monoisotopic (exact) mass is 460 g/mol. The van der Waals surface area contributed by atoms with Gasteiger partial charge in [0.25, 0.3) is 0 Å². The van der Waals surface area contributed by atoms with Crippen molar-refractivity contribution >= 4 is 23.3 Å². The summed E-state index contributed by atoms with van der Waals surface area (Å²) in [6.07, 6.45) is 6.12. The first kappa shape index (κ1) is 21.7. The lowest BCUT2D eigenvalue weighted by molar-refractivity contribution is -0.132. The molecule has 2 saturated heterocycles. The van der Waals surface area contributed by atoms with E-state index in [1.165, 1.54) is 0 Å². The van der Waals surface area contributed by atoms with Crippen LogP contribution in [0.5, 0.6) is 0 Å². The highest BCUT2D eigenvalue weighted by molar-refractivity contribution is 6.30. The van der Waals surface area contributed by atoms with E-state index < -0.39 is 0 Å². The minimum absolute atomic E-state index is 0.171. The van der Waals surface area contributed by atoms with Gasteiger partial charge in [-0.2, -0.15) is 10.5 Å². The highest BCUT2D eigenvalue weighted by Gasteiger charge is 2.45. The van der Waals surface area contributed by atoms with Crippen LogP contribution in [0.4, 0.5) is 5.82 Å². The predicted molar refractivity (Wildman–Crippen MR) is 125 cm³/mol. The van der Waals surface area contributed by atoms with Crippen LogP contribution in [0.3, 0.4) is 0 Å². The van der Waals surface area contributed by atoms with E-state index in [9.17, 15) is 10.1 Å². The SMILES string of the molecule is N#Cc1ccc(N2C3CCC2CN(C(=O)CCNC2(c4cc(Cl)cc(C#N)c4)CC2)C3)nc1. The Bertz CT molecular complexity index is 1130. The van der Waals surface area contributed by atoms with E-state index in [0.29, 0.717) is 42.2 Å². The van der Waals surface area contributed by atoms with E-state index in [-0.39, 0.29) is 23.5 Å². The number of nitrogens with zero attached hydrogens (tertiary/aromatic N) is 5. The molecule has 0 spiro atoms. The Morgan fingerprint density at radius 2 is 1.85 bits per heavy atom. The van der Waals surface area contributed by atoms with Crippen molar-refractivity contribution in [3.05, 3.63) is 58.2 Å². The molecule has 2 unspecified atom stereocenters. The maximum absolute atomic E-state index is 13.0. The van der Waals surface area contributed by atoms with Crippen molar-refractivity contribution in [3.8, 4) is 12.1 Å². The first-order valence-electron chi connectivity index (χ1n) is 11.4. The number of amides is 1. The second-order valence-electron chi connectivity index (χ2n) is 9.21. The molecule has 3 heterocycles. The number of piperazine rings is 1. The number of nitriles is 2. The van der Waals surface area contributed by atoms with Gasteiger partial charge in [-0.1, -0.05) is 11.6 Å². The molecule has 8 heteroatoms. The second-order valence-corrected chi connectivity index (χ2v) is 9.64. The number of rotatable bonds is 6. The van der Waals surface area contributed by atoms with Gasteiger partial charge in [-0.15, -0.1) is 0 Å². The molecule has 1 aromatic carbocycles. The molecule has 2 bridgehead atoms. The zero-order valence-electron chi connectivity index (χ0n) is 18.3. The molecule has 2 aliphatic heterocycles. The van der Waals surface area contributed by atoms with Crippen LogP contribution in [0.15, 0.2) is 36.5 Å². The summed E-state index contributed by atoms with van der Waals surface area (Å²) >= 11 is 6.19. The highest BCUT2D eigenvalue weighted by atomic mass is 35.5. The van der Waals surface area contributed by atoms with E-state index in [2.05, 4.69) is 27.3 Å². The molecule has 0 radical (unpaired) electrons. The van der Waals surface area contributed by atoms with Gasteiger partial charge in [0, 0.05) is 54.9 Å². The topological polar surface area (TPSA) is 96.0 Å². The van der Waals surface area contributed by atoms with Gasteiger partial charge in [0.15, 0.2) is 0 Å². The average Bonchev–Trinajstić information content (AvgIpc) is 3.58. The van der Waals surface area contributed by atoms with E-state index in [1.54, 1.807) is 18.3 Å². The molecule has 1 amide bonds. The number of anilines is 1. The van der Waals surface area contributed by atoms with Crippen LogP contribution in [-0.2, 0) is 10.3 Å². The fourth-order valence-corrected chi connectivity index (χ4v) is 5.51. The zero-order valence-corrected chi connectivity index (χ0v) is 19.1. The molecule has 1 N–H and O–H groups in total. The molecular formula is C25H25ClN6O. The normalized spacial score (nSPS) is 22.5. The number of halogens is 1. The summed E-state index contributed by atoms with van der Waals surface area (Å²) in [5.74, 6) is 1.07. The summed E-state index contributed by atoms with van der Waals surface area (Å²) in [5.41, 5.74) is 1.98. The lowest BCUT2D eigenvalue weighted by Crippen LogP contribution is -2.56. The lowest BCUT2D eigenvalue weighted by atomic mass is 10.0. The van der Waals surface area contributed by atoms with Gasteiger partial charge in [-0.25, -0.2) is 4.98 Å².